The van der Waals surface area contributed by atoms with E-state index in [9.17, 15) is 0 Å². The Labute approximate surface area is 175 Å². The molecule has 0 radical (unpaired) electrons. The first-order valence-electron chi connectivity index (χ1n) is 12.4. The van der Waals surface area contributed by atoms with Crippen LogP contribution in [0.2, 0.25) is 0 Å². The smallest absolute Gasteiger partial charge is 0.00476 e. The topological polar surface area (TPSA) is 0 Å². The number of allylic oxidation sites excluding steroid dienone is 6. The molecule has 0 aliphatic heterocycles. The van der Waals surface area contributed by atoms with Gasteiger partial charge in [-0.05, 0) is 91.3 Å². The van der Waals surface area contributed by atoms with Crippen molar-refractivity contribution >= 4 is 0 Å². The highest BCUT2D eigenvalue weighted by Gasteiger charge is 2.56. The molecule has 156 valence electrons. The van der Waals surface area contributed by atoms with Crippen LogP contribution in [0.25, 0.3) is 0 Å². The molecule has 3 fully saturated rings. The van der Waals surface area contributed by atoms with Crippen LogP contribution in [-0.4, -0.2) is 0 Å². The Morgan fingerprint density at radius 2 is 1.68 bits per heavy atom. The molecule has 7 atom stereocenters. The second kappa shape index (κ2) is 7.48. The predicted octanol–water partition coefficient (Wildman–Crippen LogP) is 8.36. The Kier molecular flexibility index (Phi) is 5.47. The zero-order chi connectivity index (χ0) is 20.1. The van der Waals surface area contributed by atoms with Crippen LogP contribution in [0.15, 0.2) is 35.5 Å². The molecule has 4 aliphatic carbocycles. The number of hydrogen-bond acceptors (Lipinski definition) is 0. The highest BCUT2D eigenvalue weighted by atomic mass is 14.6. The van der Waals surface area contributed by atoms with Gasteiger partial charge in [-0.2, -0.15) is 0 Å². The Balaban J connectivity index is 1.57. The van der Waals surface area contributed by atoms with Gasteiger partial charge in [0.2, 0.25) is 0 Å². The maximum Gasteiger partial charge on any atom is -0.00476 e. The molecule has 0 amide bonds. The minimum Gasteiger partial charge on any atom is -0.0852 e. The van der Waals surface area contributed by atoms with E-state index in [1.165, 1.54) is 51.4 Å². The van der Waals surface area contributed by atoms with Gasteiger partial charge in [-0.15, -0.1) is 0 Å². The molecule has 0 heteroatoms. The van der Waals surface area contributed by atoms with E-state index in [1.807, 2.05) is 5.57 Å². The molecule has 0 saturated heterocycles. The van der Waals surface area contributed by atoms with Crippen LogP contribution >= 0.6 is 0 Å². The van der Waals surface area contributed by atoms with E-state index < -0.39 is 0 Å². The average Bonchev–Trinajstić information content (AvgIpc) is 3.02. The lowest BCUT2D eigenvalue weighted by atomic mass is 9.50. The van der Waals surface area contributed by atoms with Gasteiger partial charge in [0.1, 0.15) is 0 Å². The van der Waals surface area contributed by atoms with E-state index in [-0.39, 0.29) is 0 Å². The SMILES string of the molecule is CC(C)[C@@H](C)/C=C/[C@@H](C)[C@H]1CCC2C3=CC=C4CCCC[C@]4(C)C3CC[C@@]21C. The molecule has 0 aromatic heterocycles. The maximum absolute atomic E-state index is 2.66. The molecule has 0 N–H and O–H groups in total. The van der Waals surface area contributed by atoms with E-state index >= 15 is 0 Å². The van der Waals surface area contributed by atoms with Crippen molar-refractivity contribution in [1.82, 2.24) is 0 Å². The van der Waals surface area contributed by atoms with Gasteiger partial charge in [0.25, 0.3) is 0 Å². The number of fused-ring (bicyclic) bond motifs is 5. The predicted molar refractivity (Wildman–Crippen MR) is 122 cm³/mol. The molecule has 28 heavy (non-hydrogen) atoms. The monoisotopic (exact) mass is 380 g/mol. The first kappa shape index (κ1) is 20.5. The van der Waals surface area contributed by atoms with Crippen LogP contribution in [0.1, 0.15) is 92.9 Å². The van der Waals surface area contributed by atoms with E-state index in [0.29, 0.717) is 22.7 Å². The van der Waals surface area contributed by atoms with Crippen molar-refractivity contribution in [3.05, 3.63) is 35.5 Å². The molecule has 2 unspecified atom stereocenters. The van der Waals surface area contributed by atoms with Crippen LogP contribution < -0.4 is 0 Å². The second-order valence-corrected chi connectivity index (χ2v) is 11.7. The Hall–Kier alpha value is -0.780. The molecule has 4 aliphatic rings. The molecular weight excluding hydrogens is 336 g/mol. The highest BCUT2D eigenvalue weighted by Crippen LogP contribution is 2.65. The van der Waals surface area contributed by atoms with E-state index in [2.05, 4.69) is 65.8 Å². The molecule has 0 aromatic carbocycles. The summed E-state index contributed by atoms with van der Waals surface area (Å²) in [5.74, 6) is 4.70. The van der Waals surface area contributed by atoms with Crippen LogP contribution in [0.4, 0.5) is 0 Å². The lowest BCUT2D eigenvalue weighted by Gasteiger charge is -2.54. The van der Waals surface area contributed by atoms with Gasteiger partial charge in [-0.25, -0.2) is 0 Å². The minimum atomic E-state index is 0.486. The summed E-state index contributed by atoms with van der Waals surface area (Å²) in [5, 5.41) is 0. The molecule has 0 spiro atoms. The van der Waals surface area contributed by atoms with Crippen molar-refractivity contribution in [2.75, 3.05) is 0 Å². The summed E-state index contributed by atoms with van der Waals surface area (Å²) in [4.78, 5) is 0. The minimum absolute atomic E-state index is 0.486. The third-order valence-corrected chi connectivity index (χ3v) is 9.96. The van der Waals surface area contributed by atoms with Crippen molar-refractivity contribution in [2.24, 2.45) is 46.3 Å². The second-order valence-electron chi connectivity index (χ2n) is 11.7. The van der Waals surface area contributed by atoms with E-state index in [1.54, 1.807) is 5.57 Å². The van der Waals surface area contributed by atoms with Gasteiger partial charge >= 0.3 is 0 Å². The number of hydrogen-bond donors (Lipinski definition) is 0. The van der Waals surface area contributed by atoms with Gasteiger partial charge in [-0.3, -0.25) is 0 Å². The van der Waals surface area contributed by atoms with Crippen molar-refractivity contribution in [3.8, 4) is 0 Å². The lowest BCUT2D eigenvalue weighted by Crippen LogP contribution is -2.45. The summed E-state index contributed by atoms with van der Waals surface area (Å²) in [6.45, 7) is 14.8. The Bertz CT molecular complexity index is 676. The van der Waals surface area contributed by atoms with Crippen LogP contribution in [0.3, 0.4) is 0 Å². The van der Waals surface area contributed by atoms with Crippen LogP contribution in [0, 0.1) is 46.3 Å². The summed E-state index contributed by atoms with van der Waals surface area (Å²) < 4.78 is 0. The highest BCUT2D eigenvalue weighted by molar-refractivity contribution is 5.38. The van der Waals surface area contributed by atoms with Crippen molar-refractivity contribution in [1.29, 1.82) is 0 Å². The fourth-order valence-electron chi connectivity index (χ4n) is 7.65. The molecule has 3 saturated carbocycles. The molecule has 0 heterocycles. The van der Waals surface area contributed by atoms with E-state index in [4.69, 9.17) is 0 Å². The lowest BCUT2D eigenvalue weighted by molar-refractivity contribution is 0.0575. The normalized spacial score (nSPS) is 42.5. The maximum atomic E-state index is 2.66. The summed E-state index contributed by atoms with van der Waals surface area (Å²) >= 11 is 0. The zero-order valence-electron chi connectivity index (χ0n) is 19.4. The Morgan fingerprint density at radius 1 is 0.893 bits per heavy atom. The van der Waals surface area contributed by atoms with Crippen molar-refractivity contribution in [2.45, 2.75) is 92.9 Å². The molecular formula is C28H44. The van der Waals surface area contributed by atoms with Crippen molar-refractivity contribution < 1.29 is 0 Å². The molecule has 4 rings (SSSR count). The fraction of sp³-hybridized carbons (Fsp3) is 0.786. The summed E-state index contributed by atoms with van der Waals surface area (Å²) in [6.07, 6.45) is 21.7. The summed E-state index contributed by atoms with van der Waals surface area (Å²) in [6, 6.07) is 0. The third kappa shape index (κ3) is 3.18. The van der Waals surface area contributed by atoms with Gasteiger partial charge in [-0.1, -0.05) is 83.4 Å². The van der Waals surface area contributed by atoms with Gasteiger partial charge in [0.15, 0.2) is 0 Å². The van der Waals surface area contributed by atoms with Crippen LogP contribution in [0.5, 0.6) is 0 Å². The van der Waals surface area contributed by atoms with Gasteiger partial charge in [0.05, 0.1) is 0 Å². The van der Waals surface area contributed by atoms with Gasteiger partial charge in [0, 0.05) is 0 Å². The zero-order valence-corrected chi connectivity index (χ0v) is 19.4. The van der Waals surface area contributed by atoms with Crippen LogP contribution in [-0.2, 0) is 0 Å². The quantitative estimate of drug-likeness (QED) is 0.430. The number of rotatable bonds is 4. The molecule has 0 bridgehead atoms. The van der Waals surface area contributed by atoms with Crippen molar-refractivity contribution in [3.63, 3.8) is 0 Å². The summed E-state index contributed by atoms with van der Waals surface area (Å²) in [5.41, 5.74) is 4.64. The Morgan fingerprint density at radius 3 is 2.43 bits per heavy atom. The van der Waals surface area contributed by atoms with Gasteiger partial charge < -0.3 is 0 Å². The molecule has 0 nitrogen and oxygen atoms in total. The fourth-order valence-corrected chi connectivity index (χ4v) is 7.65. The average molecular weight is 381 g/mol. The first-order chi connectivity index (χ1) is 13.3. The standard InChI is InChI=1S/C28H44/c1-19(2)20(3)10-11-21(4)24-14-15-25-23-13-12-22-9-7-8-17-27(22,5)26(23)16-18-28(24,25)6/h10-13,19-21,24-26H,7-9,14-18H2,1-6H3/b11-10+/t20-,21+,24+,25?,26?,27-,28+/m0/s1. The van der Waals surface area contributed by atoms with E-state index in [0.717, 1.165) is 23.7 Å². The molecule has 0 aromatic rings. The largest absolute Gasteiger partial charge is 0.0852 e. The third-order valence-electron chi connectivity index (χ3n) is 9.96. The first-order valence-corrected chi connectivity index (χ1v) is 12.4. The summed E-state index contributed by atoms with van der Waals surface area (Å²) in [7, 11) is 0.